The van der Waals surface area contributed by atoms with E-state index in [1.165, 1.54) is 6.07 Å². The number of hydrogen-bond donors (Lipinski definition) is 1. The zero-order valence-electron chi connectivity index (χ0n) is 8.73. The van der Waals surface area contributed by atoms with Crippen LogP contribution >= 0.6 is 23.2 Å². The number of carboxylic acids is 1. The maximum atomic E-state index is 11.0. The predicted octanol–water partition coefficient (Wildman–Crippen LogP) is 3.54. The zero-order valence-corrected chi connectivity index (χ0v) is 10.2. The van der Waals surface area contributed by atoms with E-state index < -0.39 is 5.97 Å². The molecule has 5 heteroatoms. The number of aromatic nitrogens is 1. The van der Waals surface area contributed by atoms with Crippen LogP contribution in [0.4, 0.5) is 0 Å². The van der Waals surface area contributed by atoms with E-state index in [1.54, 1.807) is 35.0 Å². The van der Waals surface area contributed by atoms with Gasteiger partial charge in [0.1, 0.15) is 5.69 Å². The third-order valence-electron chi connectivity index (χ3n) is 2.44. The molecule has 1 aromatic carbocycles. The molecule has 0 aliphatic heterocycles. The van der Waals surface area contributed by atoms with Crippen molar-refractivity contribution in [3.05, 3.63) is 57.8 Å². The summed E-state index contributed by atoms with van der Waals surface area (Å²) in [5, 5.41) is 10.0. The molecule has 2 aromatic rings. The van der Waals surface area contributed by atoms with Crippen molar-refractivity contribution < 1.29 is 9.90 Å². The number of benzene rings is 1. The molecule has 0 aliphatic carbocycles. The third kappa shape index (κ3) is 2.46. The molecular formula is C12H9Cl2NO2. The molecule has 1 heterocycles. The topological polar surface area (TPSA) is 42.2 Å². The maximum Gasteiger partial charge on any atom is 0.352 e. The Hall–Kier alpha value is -1.45. The number of rotatable bonds is 3. The molecule has 1 aromatic heterocycles. The smallest absolute Gasteiger partial charge is 0.352 e. The second-order valence-corrected chi connectivity index (χ2v) is 4.34. The minimum atomic E-state index is -0.974. The Morgan fingerprint density at radius 2 is 1.82 bits per heavy atom. The lowest BCUT2D eigenvalue weighted by Crippen LogP contribution is -2.09. The average molecular weight is 270 g/mol. The Morgan fingerprint density at radius 1 is 1.18 bits per heavy atom. The van der Waals surface area contributed by atoms with Crippen LogP contribution in [0.3, 0.4) is 0 Å². The van der Waals surface area contributed by atoms with Crippen LogP contribution in [0.1, 0.15) is 16.1 Å². The Balaban J connectivity index is 2.38. The molecule has 0 saturated carbocycles. The summed E-state index contributed by atoms with van der Waals surface area (Å²) in [5.74, 6) is -0.974. The summed E-state index contributed by atoms with van der Waals surface area (Å²) < 4.78 is 1.59. The summed E-state index contributed by atoms with van der Waals surface area (Å²) in [6.07, 6.45) is 1.68. The average Bonchev–Trinajstić information content (AvgIpc) is 2.72. The second kappa shape index (κ2) is 4.82. The quantitative estimate of drug-likeness (QED) is 0.926. The monoisotopic (exact) mass is 269 g/mol. The van der Waals surface area contributed by atoms with Gasteiger partial charge in [0.25, 0.3) is 0 Å². The van der Waals surface area contributed by atoms with Crippen LogP contribution < -0.4 is 0 Å². The van der Waals surface area contributed by atoms with Gasteiger partial charge in [0.2, 0.25) is 0 Å². The molecule has 0 spiro atoms. The molecule has 0 bridgehead atoms. The number of halogens is 2. The largest absolute Gasteiger partial charge is 0.477 e. The maximum absolute atomic E-state index is 11.0. The van der Waals surface area contributed by atoms with Crippen molar-refractivity contribution in [3.8, 4) is 0 Å². The number of aromatic carboxylic acids is 1. The van der Waals surface area contributed by atoms with Gasteiger partial charge in [-0.2, -0.15) is 0 Å². The lowest BCUT2D eigenvalue weighted by molar-refractivity contribution is 0.0685. The van der Waals surface area contributed by atoms with E-state index in [1.807, 2.05) is 0 Å². The zero-order chi connectivity index (χ0) is 12.4. The van der Waals surface area contributed by atoms with Gasteiger partial charge in [-0.15, -0.1) is 0 Å². The fourth-order valence-electron chi connectivity index (χ4n) is 1.60. The minimum Gasteiger partial charge on any atom is -0.477 e. The lowest BCUT2D eigenvalue weighted by atomic mass is 10.2. The van der Waals surface area contributed by atoms with E-state index in [0.717, 1.165) is 5.56 Å². The Labute approximate surface area is 108 Å². The van der Waals surface area contributed by atoms with Crippen LogP contribution in [0.25, 0.3) is 0 Å². The number of hydrogen-bond acceptors (Lipinski definition) is 1. The fraction of sp³-hybridized carbons (Fsp3) is 0.0833. The van der Waals surface area contributed by atoms with Gasteiger partial charge >= 0.3 is 5.97 Å². The van der Waals surface area contributed by atoms with Crippen LogP contribution in [-0.4, -0.2) is 15.6 Å². The molecule has 0 atom stereocenters. The Kier molecular flexibility index (Phi) is 3.41. The van der Waals surface area contributed by atoms with Gasteiger partial charge in [-0.05, 0) is 24.3 Å². The van der Waals surface area contributed by atoms with Gasteiger partial charge in [-0.3, -0.25) is 0 Å². The highest BCUT2D eigenvalue weighted by Gasteiger charge is 2.12. The summed E-state index contributed by atoms with van der Waals surface area (Å²) in [5.41, 5.74) is 0.926. The molecule has 1 N–H and O–H groups in total. The molecule has 3 nitrogen and oxygen atoms in total. The molecule has 0 amide bonds. The molecule has 0 radical (unpaired) electrons. The van der Waals surface area contributed by atoms with E-state index in [9.17, 15) is 4.79 Å². The van der Waals surface area contributed by atoms with Crippen LogP contribution in [0, 0.1) is 0 Å². The summed E-state index contributed by atoms with van der Waals surface area (Å²) >= 11 is 12.1. The van der Waals surface area contributed by atoms with Crippen molar-refractivity contribution >= 4 is 29.2 Å². The molecule has 0 unspecified atom stereocenters. The molecule has 0 fully saturated rings. The van der Waals surface area contributed by atoms with E-state index >= 15 is 0 Å². The van der Waals surface area contributed by atoms with Gasteiger partial charge in [0, 0.05) is 21.8 Å². The normalized spacial score (nSPS) is 10.5. The number of carboxylic acid groups (broad SMARTS) is 1. The minimum absolute atomic E-state index is 0.209. The molecule has 17 heavy (non-hydrogen) atoms. The Bertz CT molecular complexity index is 543. The van der Waals surface area contributed by atoms with E-state index in [0.29, 0.717) is 16.6 Å². The molecule has 88 valence electrons. The first-order valence-corrected chi connectivity index (χ1v) is 5.66. The van der Waals surface area contributed by atoms with Crippen molar-refractivity contribution in [2.24, 2.45) is 0 Å². The summed E-state index contributed by atoms with van der Waals surface area (Å²) in [6.45, 7) is 0.340. The first-order chi connectivity index (χ1) is 8.09. The fourth-order valence-corrected chi connectivity index (χ4v) is 2.12. The summed E-state index contributed by atoms with van der Waals surface area (Å²) in [6, 6.07) is 8.42. The van der Waals surface area contributed by atoms with Crippen molar-refractivity contribution in [1.29, 1.82) is 0 Å². The van der Waals surface area contributed by atoms with E-state index in [2.05, 4.69) is 0 Å². The lowest BCUT2D eigenvalue weighted by Gasteiger charge is -2.09. The summed E-state index contributed by atoms with van der Waals surface area (Å²) in [7, 11) is 0. The second-order valence-electron chi connectivity index (χ2n) is 3.53. The van der Waals surface area contributed by atoms with Crippen molar-refractivity contribution in [3.63, 3.8) is 0 Å². The van der Waals surface area contributed by atoms with Gasteiger partial charge < -0.3 is 9.67 Å². The Morgan fingerprint density at radius 3 is 2.41 bits per heavy atom. The van der Waals surface area contributed by atoms with Crippen molar-refractivity contribution in [2.45, 2.75) is 6.54 Å². The van der Waals surface area contributed by atoms with Gasteiger partial charge in [-0.1, -0.05) is 29.3 Å². The first kappa shape index (κ1) is 12.0. The molecule has 0 saturated heterocycles. The number of carbonyl (C=O) groups is 1. The molecule has 2 rings (SSSR count). The van der Waals surface area contributed by atoms with Crippen LogP contribution in [0.2, 0.25) is 10.0 Å². The van der Waals surface area contributed by atoms with Crippen LogP contribution in [0.15, 0.2) is 36.5 Å². The summed E-state index contributed by atoms with van der Waals surface area (Å²) in [4.78, 5) is 11.0. The van der Waals surface area contributed by atoms with Crippen molar-refractivity contribution in [1.82, 2.24) is 4.57 Å². The standard InChI is InChI=1S/C12H9Cl2NO2/c13-9-3-1-4-10(14)8(9)7-15-6-2-5-11(15)12(16)17/h1-6H,7H2,(H,16,17). The highest BCUT2D eigenvalue weighted by atomic mass is 35.5. The van der Waals surface area contributed by atoms with E-state index in [-0.39, 0.29) is 5.69 Å². The van der Waals surface area contributed by atoms with Crippen molar-refractivity contribution in [2.75, 3.05) is 0 Å². The number of nitrogens with zero attached hydrogens (tertiary/aromatic N) is 1. The van der Waals surface area contributed by atoms with Crippen LogP contribution in [-0.2, 0) is 6.54 Å². The van der Waals surface area contributed by atoms with Gasteiger partial charge in [0.15, 0.2) is 0 Å². The van der Waals surface area contributed by atoms with E-state index in [4.69, 9.17) is 28.3 Å². The first-order valence-electron chi connectivity index (χ1n) is 4.91. The molecule has 0 aliphatic rings. The highest BCUT2D eigenvalue weighted by molar-refractivity contribution is 6.35. The SMILES string of the molecule is O=C(O)c1cccn1Cc1c(Cl)cccc1Cl. The van der Waals surface area contributed by atoms with Gasteiger partial charge in [0.05, 0.1) is 6.54 Å². The third-order valence-corrected chi connectivity index (χ3v) is 3.15. The highest BCUT2D eigenvalue weighted by Crippen LogP contribution is 2.25. The van der Waals surface area contributed by atoms with Gasteiger partial charge in [-0.25, -0.2) is 4.79 Å². The van der Waals surface area contributed by atoms with Crippen LogP contribution in [0.5, 0.6) is 0 Å². The molecular weight excluding hydrogens is 261 g/mol. The predicted molar refractivity (Wildman–Crippen MR) is 67.0 cm³/mol.